The van der Waals surface area contributed by atoms with E-state index in [9.17, 15) is 18.6 Å². The van der Waals surface area contributed by atoms with Crippen molar-refractivity contribution in [3.63, 3.8) is 0 Å². The van der Waals surface area contributed by atoms with Crippen LogP contribution in [-0.4, -0.2) is 18.6 Å². The fraction of sp³-hybridized carbons (Fsp3) is 0.182. The van der Waals surface area contributed by atoms with E-state index in [2.05, 4.69) is 4.72 Å². The molecule has 5 nitrogen and oxygen atoms in total. The molecule has 3 aromatic carbocycles. The van der Waals surface area contributed by atoms with Gasteiger partial charge in [-0.15, -0.1) is 0 Å². The van der Waals surface area contributed by atoms with Gasteiger partial charge in [0.1, 0.15) is 11.5 Å². The van der Waals surface area contributed by atoms with E-state index in [0.717, 1.165) is 5.56 Å². The highest BCUT2D eigenvalue weighted by molar-refractivity contribution is 7.92. The maximum atomic E-state index is 12.8. The van der Waals surface area contributed by atoms with Gasteiger partial charge in [-0.25, -0.2) is 8.42 Å². The van der Waals surface area contributed by atoms with Crippen LogP contribution in [0.2, 0.25) is 0 Å². The molecule has 0 saturated heterocycles. The molecule has 0 bridgehead atoms. The number of rotatable bonds is 5. The van der Waals surface area contributed by atoms with Crippen molar-refractivity contribution in [1.29, 1.82) is 0 Å². The molecule has 146 valence electrons. The van der Waals surface area contributed by atoms with Gasteiger partial charge in [-0.1, -0.05) is 49.7 Å². The smallest absolute Gasteiger partial charge is 0.261 e. The monoisotopic (exact) mass is 397 g/mol. The first-order valence-electron chi connectivity index (χ1n) is 8.94. The van der Waals surface area contributed by atoms with E-state index in [1.807, 2.05) is 20.8 Å². The number of hydrogen-bond donors (Lipinski definition) is 3. The fourth-order valence-electron chi connectivity index (χ4n) is 3.00. The second-order valence-electron chi connectivity index (χ2n) is 7.05. The van der Waals surface area contributed by atoms with E-state index < -0.39 is 10.0 Å². The van der Waals surface area contributed by atoms with Crippen molar-refractivity contribution in [2.75, 3.05) is 4.72 Å². The highest BCUT2D eigenvalue weighted by atomic mass is 32.2. The van der Waals surface area contributed by atoms with Gasteiger partial charge in [-0.3, -0.25) is 4.72 Å². The minimum absolute atomic E-state index is 0.00830. The zero-order valence-electron chi connectivity index (χ0n) is 16.0. The van der Waals surface area contributed by atoms with Gasteiger partial charge in [0.05, 0.1) is 10.6 Å². The summed E-state index contributed by atoms with van der Waals surface area (Å²) in [4.78, 5) is 0.158. The molecule has 0 saturated carbocycles. The fourth-order valence-corrected chi connectivity index (χ4v) is 4.08. The third-order valence-corrected chi connectivity index (χ3v) is 5.94. The van der Waals surface area contributed by atoms with Crippen molar-refractivity contribution >= 4 is 15.7 Å². The minimum atomic E-state index is -3.79. The first kappa shape index (κ1) is 19.8. The third-order valence-electron chi connectivity index (χ3n) is 4.56. The summed E-state index contributed by atoms with van der Waals surface area (Å²) in [6, 6.07) is 16.4. The number of nitrogens with one attached hydrogen (secondary N) is 1. The van der Waals surface area contributed by atoms with Crippen LogP contribution in [0.15, 0.2) is 65.6 Å². The normalized spacial score (nSPS) is 11.6. The topological polar surface area (TPSA) is 86.6 Å². The summed E-state index contributed by atoms with van der Waals surface area (Å²) in [5.74, 6) is -0.0754. The second-order valence-corrected chi connectivity index (χ2v) is 8.73. The number of aromatic hydroxyl groups is 2. The Labute approximate surface area is 165 Å². The van der Waals surface area contributed by atoms with Crippen LogP contribution >= 0.6 is 0 Å². The first-order chi connectivity index (χ1) is 13.2. The lowest BCUT2D eigenvalue weighted by atomic mass is 9.95. The molecule has 0 aliphatic heterocycles. The highest BCUT2D eigenvalue weighted by Gasteiger charge is 2.19. The minimum Gasteiger partial charge on any atom is -0.508 e. The summed E-state index contributed by atoms with van der Waals surface area (Å²) < 4.78 is 28.2. The number of phenolic OH excluding ortho intramolecular Hbond substituents is 2. The van der Waals surface area contributed by atoms with Gasteiger partial charge in [-0.05, 0) is 42.7 Å². The standard InChI is InChI=1S/C22H23NO4S/c1-14(2)18-12-19(22(25)13-21(18)24)17-6-4-5-7-20(17)23-28(26,27)16-10-8-15(3)9-11-16/h4-14,23-25H,1-3H3. The summed E-state index contributed by atoms with van der Waals surface area (Å²) in [6.45, 7) is 5.75. The molecule has 3 rings (SSSR count). The van der Waals surface area contributed by atoms with Crippen molar-refractivity contribution in [3.05, 3.63) is 71.8 Å². The SMILES string of the molecule is Cc1ccc(S(=O)(=O)Nc2ccccc2-c2cc(C(C)C)c(O)cc2O)cc1. The molecule has 6 heteroatoms. The van der Waals surface area contributed by atoms with Gasteiger partial charge in [-0.2, -0.15) is 0 Å². The quantitative estimate of drug-likeness (QED) is 0.566. The van der Waals surface area contributed by atoms with Crippen LogP contribution in [0.5, 0.6) is 11.5 Å². The van der Waals surface area contributed by atoms with Crippen molar-refractivity contribution in [1.82, 2.24) is 0 Å². The van der Waals surface area contributed by atoms with E-state index >= 15 is 0 Å². The molecule has 0 atom stereocenters. The van der Waals surface area contributed by atoms with Crippen LogP contribution in [0.4, 0.5) is 5.69 Å². The molecule has 0 radical (unpaired) electrons. The van der Waals surface area contributed by atoms with Crippen LogP contribution in [0.1, 0.15) is 30.9 Å². The predicted octanol–water partition coefficient (Wildman–Crippen LogP) is 5.00. The van der Waals surface area contributed by atoms with Gasteiger partial charge in [0.15, 0.2) is 0 Å². The van der Waals surface area contributed by atoms with Gasteiger partial charge >= 0.3 is 0 Å². The molecule has 0 aliphatic carbocycles. The van der Waals surface area contributed by atoms with Crippen molar-refractivity contribution in [2.24, 2.45) is 0 Å². The van der Waals surface area contributed by atoms with Crippen molar-refractivity contribution in [3.8, 4) is 22.6 Å². The average molecular weight is 397 g/mol. The maximum absolute atomic E-state index is 12.8. The Kier molecular flexibility index (Phi) is 5.34. The Morgan fingerprint density at radius 2 is 1.50 bits per heavy atom. The predicted molar refractivity (Wildman–Crippen MR) is 111 cm³/mol. The lowest BCUT2D eigenvalue weighted by Gasteiger charge is -2.16. The lowest BCUT2D eigenvalue weighted by molar-refractivity contribution is 0.445. The molecule has 0 aliphatic rings. The molecule has 0 fully saturated rings. The summed E-state index contributed by atoms with van der Waals surface area (Å²) >= 11 is 0. The first-order valence-corrected chi connectivity index (χ1v) is 10.4. The Bertz CT molecular complexity index is 1100. The van der Waals surface area contributed by atoms with Crippen molar-refractivity contribution < 1.29 is 18.6 Å². The number of anilines is 1. The molecule has 3 N–H and O–H groups in total. The van der Waals surface area contributed by atoms with Gasteiger partial charge in [0.2, 0.25) is 0 Å². The third kappa shape index (κ3) is 3.97. The molecular weight excluding hydrogens is 374 g/mol. The van der Waals surface area contributed by atoms with Gasteiger partial charge in [0, 0.05) is 17.2 Å². The zero-order valence-corrected chi connectivity index (χ0v) is 16.8. The largest absolute Gasteiger partial charge is 0.508 e. The van der Waals surface area contributed by atoms with Crippen LogP contribution in [0.3, 0.4) is 0 Å². The molecule has 3 aromatic rings. The number of para-hydroxylation sites is 1. The van der Waals surface area contributed by atoms with E-state index in [-0.39, 0.29) is 22.3 Å². The van der Waals surface area contributed by atoms with E-state index in [1.54, 1.807) is 54.6 Å². The van der Waals surface area contributed by atoms with E-state index in [4.69, 9.17) is 0 Å². The Morgan fingerprint density at radius 1 is 0.857 bits per heavy atom. The lowest BCUT2D eigenvalue weighted by Crippen LogP contribution is -2.13. The molecule has 0 amide bonds. The number of benzene rings is 3. The van der Waals surface area contributed by atoms with Crippen molar-refractivity contribution in [2.45, 2.75) is 31.6 Å². The maximum Gasteiger partial charge on any atom is 0.261 e. The summed E-state index contributed by atoms with van der Waals surface area (Å²) in [6.07, 6.45) is 0. The molecule has 0 heterocycles. The highest BCUT2D eigenvalue weighted by Crippen LogP contribution is 2.40. The summed E-state index contributed by atoms with van der Waals surface area (Å²) in [5, 5.41) is 20.5. The Balaban J connectivity index is 2.08. The van der Waals surface area contributed by atoms with Crippen LogP contribution in [0, 0.1) is 6.92 Å². The number of sulfonamides is 1. The zero-order chi connectivity index (χ0) is 20.5. The summed E-state index contributed by atoms with van der Waals surface area (Å²) in [7, 11) is -3.79. The Hall–Kier alpha value is -2.99. The van der Waals surface area contributed by atoms with Crippen LogP contribution in [-0.2, 0) is 10.0 Å². The van der Waals surface area contributed by atoms with E-state index in [0.29, 0.717) is 22.4 Å². The van der Waals surface area contributed by atoms with E-state index in [1.165, 1.54) is 6.07 Å². The second kappa shape index (κ2) is 7.56. The number of aryl methyl sites for hydroxylation is 1. The van der Waals surface area contributed by atoms with Gasteiger partial charge < -0.3 is 10.2 Å². The van der Waals surface area contributed by atoms with Gasteiger partial charge in [0.25, 0.3) is 10.0 Å². The molecule has 0 spiro atoms. The van der Waals surface area contributed by atoms with Crippen LogP contribution < -0.4 is 4.72 Å². The molecule has 0 aromatic heterocycles. The van der Waals surface area contributed by atoms with Crippen LogP contribution in [0.25, 0.3) is 11.1 Å². The average Bonchev–Trinajstić information content (AvgIpc) is 2.62. The summed E-state index contributed by atoms with van der Waals surface area (Å²) in [5.41, 5.74) is 2.96. The molecule has 28 heavy (non-hydrogen) atoms. The molecule has 0 unspecified atom stereocenters. The number of hydrogen-bond acceptors (Lipinski definition) is 4. The number of phenols is 2. The molecular formula is C22H23NO4S. The Morgan fingerprint density at radius 3 is 2.14 bits per heavy atom.